The van der Waals surface area contributed by atoms with Gasteiger partial charge in [0.05, 0.1) is 12.7 Å². The summed E-state index contributed by atoms with van der Waals surface area (Å²) in [5.74, 6) is 0.465. The molecule has 1 aromatic heterocycles. The van der Waals surface area contributed by atoms with Crippen molar-refractivity contribution in [2.75, 3.05) is 12.4 Å². The number of ether oxygens (including phenoxy) is 3. The fraction of sp³-hybridized carbons (Fsp3) is 0.455. The molecule has 4 N–H and O–H groups in total. The molecule has 2 atom stereocenters. The van der Waals surface area contributed by atoms with Crippen molar-refractivity contribution in [1.29, 1.82) is 0 Å². The molecule has 1 aliphatic rings. The van der Waals surface area contributed by atoms with Gasteiger partial charge in [-0.1, -0.05) is 0 Å². The van der Waals surface area contributed by atoms with Crippen molar-refractivity contribution >= 4 is 24.3 Å². The first-order valence-corrected chi connectivity index (χ1v) is 10.6. The third-order valence-electron chi connectivity index (χ3n) is 5.26. The van der Waals surface area contributed by atoms with Crippen LogP contribution in [0.1, 0.15) is 60.6 Å². The van der Waals surface area contributed by atoms with Crippen molar-refractivity contribution in [2.45, 2.75) is 57.8 Å². The molecule has 11 heteroatoms. The number of phenols is 1. The number of rotatable bonds is 8. The molecule has 1 aromatic carbocycles. The summed E-state index contributed by atoms with van der Waals surface area (Å²) in [4.78, 5) is 35.2. The molecular formula is C22H28N4O7. The maximum Gasteiger partial charge on any atom is 0.413 e. The van der Waals surface area contributed by atoms with E-state index >= 15 is 0 Å². The first-order chi connectivity index (χ1) is 15.8. The van der Waals surface area contributed by atoms with E-state index in [1.807, 2.05) is 13.8 Å². The van der Waals surface area contributed by atoms with Crippen LogP contribution in [0.25, 0.3) is 0 Å². The number of methoxy groups -OCH3 is 1. The number of carbonyl (C=O) groups excluding carboxylic acids is 3. The third-order valence-corrected chi connectivity index (χ3v) is 5.26. The van der Waals surface area contributed by atoms with Gasteiger partial charge in [-0.3, -0.25) is 15.2 Å². The molecule has 3 rings (SSSR count). The quantitative estimate of drug-likeness (QED) is 0.437. The summed E-state index contributed by atoms with van der Waals surface area (Å²) in [6.07, 6.45) is 1.33. The number of hydrogen-bond donors (Lipinski definition) is 4. The Morgan fingerprint density at radius 1 is 1.27 bits per heavy atom. The number of aromatic amines is 1. The first-order valence-electron chi connectivity index (χ1n) is 10.6. The van der Waals surface area contributed by atoms with E-state index in [1.165, 1.54) is 19.2 Å². The zero-order valence-electron chi connectivity index (χ0n) is 18.7. The molecule has 2 aromatic rings. The molecule has 1 saturated carbocycles. The van der Waals surface area contributed by atoms with Gasteiger partial charge in [-0.05, 0) is 39.2 Å². The van der Waals surface area contributed by atoms with Crippen molar-refractivity contribution in [3.63, 3.8) is 0 Å². The van der Waals surface area contributed by atoms with Gasteiger partial charge >= 0.3 is 12.2 Å². The molecular weight excluding hydrogens is 432 g/mol. The Balaban J connectivity index is 1.52. The zero-order valence-corrected chi connectivity index (χ0v) is 18.7. The Kier molecular flexibility index (Phi) is 7.75. The van der Waals surface area contributed by atoms with E-state index in [0.29, 0.717) is 24.0 Å². The predicted octanol–water partition coefficient (Wildman–Crippen LogP) is 3.46. The molecule has 0 radical (unpaired) electrons. The maximum atomic E-state index is 12.2. The van der Waals surface area contributed by atoms with Gasteiger partial charge in [-0.25, -0.2) is 9.59 Å². The molecule has 0 spiro atoms. The fourth-order valence-electron chi connectivity index (χ4n) is 3.69. The number of aromatic nitrogens is 2. The van der Waals surface area contributed by atoms with Crippen LogP contribution in [0.5, 0.6) is 11.5 Å². The fourth-order valence-corrected chi connectivity index (χ4v) is 3.69. The van der Waals surface area contributed by atoms with Gasteiger partial charge in [-0.2, -0.15) is 5.10 Å². The van der Waals surface area contributed by atoms with E-state index in [-0.39, 0.29) is 41.8 Å². The number of amides is 2. The van der Waals surface area contributed by atoms with E-state index in [1.54, 1.807) is 6.07 Å². The summed E-state index contributed by atoms with van der Waals surface area (Å²) in [6.45, 7) is 3.48. The number of carbonyl (C=O) groups is 3. The van der Waals surface area contributed by atoms with E-state index in [9.17, 15) is 19.5 Å². The van der Waals surface area contributed by atoms with Crippen LogP contribution in [0.3, 0.4) is 0 Å². The standard InChI is InChI=1S/C22H28N4O7/c1-12(2)23-22(30)33-15-5-4-13(6-15)18-9-20(26-25-18)24-21(29)32-11-14-7-16(31-3)8-19(28)17(14)10-27/h7-10,12-13,15,28H,4-6,11H2,1-3H3,(H,23,30)(H2,24,25,26,29)/t13-,15+/m0/s1. The van der Waals surface area contributed by atoms with Crippen LogP contribution < -0.4 is 15.4 Å². The van der Waals surface area contributed by atoms with E-state index in [2.05, 4.69) is 20.8 Å². The Morgan fingerprint density at radius 3 is 2.76 bits per heavy atom. The highest BCUT2D eigenvalue weighted by atomic mass is 16.6. The molecule has 1 heterocycles. The van der Waals surface area contributed by atoms with Crippen LogP contribution in [0.2, 0.25) is 0 Å². The molecule has 0 saturated heterocycles. The largest absolute Gasteiger partial charge is 0.507 e. The molecule has 0 unspecified atom stereocenters. The minimum absolute atomic E-state index is 0.00957. The number of benzene rings is 1. The summed E-state index contributed by atoms with van der Waals surface area (Å²) >= 11 is 0. The highest BCUT2D eigenvalue weighted by Gasteiger charge is 2.30. The van der Waals surface area contributed by atoms with Gasteiger partial charge in [0, 0.05) is 35.3 Å². The number of alkyl carbamates (subject to hydrolysis) is 1. The van der Waals surface area contributed by atoms with E-state index in [4.69, 9.17) is 14.2 Å². The highest BCUT2D eigenvalue weighted by Crippen LogP contribution is 2.36. The van der Waals surface area contributed by atoms with E-state index in [0.717, 1.165) is 18.5 Å². The number of aldehydes is 1. The zero-order chi connectivity index (χ0) is 24.0. The predicted molar refractivity (Wildman–Crippen MR) is 118 cm³/mol. The molecule has 178 valence electrons. The molecule has 1 fully saturated rings. The number of anilines is 1. The smallest absolute Gasteiger partial charge is 0.413 e. The number of nitrogens with one attached hydrogen (secondary N) is 3. The van der Waals surface area contributed by atoms with Crippen LogP contribution in [0.15, 0.2) is 18.2 Å². The van der Waals surface area contributed by atoms with E-state index < -0.39 is 12.2 Å². The summed E-state index contributed by atoms with van der Waals surface area (Å²) in [7, 11) is 1.42. The van der Waals surface area contributed by atoms with Gasteiger partial charge in [0.15, 0.2) is 12.1 Å². The monoisotopic (exact) mass is 460 g/mol. The van der Waals surface area contributed by atoms with Crippen molar-refractivity contribution in [3.05, 3.63) is 35.0 Å². The number of phenolic OH excluding ortho intramolecular Hbond substituents is 1. The van der Waals surface area contributed by atoms with Gasteiger partial charge in [0.25, 0.3) is 0 Å². The molecule has 0 aliphatic heterocycles. The number of aromatic hydroxyl groups is 1. The summed E-state index contributed by atoms with van der Waals surface area (Å²) in [5, 5.41) is 22.1. The summed E-state index contributed by atoms with van der Waals surface area (Å²) in [6, 6.07) is 4.52. The second-order valence-electron chi connectivity index (χ2n) is 8.08. The Bertz CT molecular complexity index is 1000. The lowest BCUT2D eigenvalue weighted by molar-refractivity contribution is 0.0981. The third kappa shape index (κ3) is 6.37. The second kappa shape index (κ2) is 10.7. The molecule has 33 heavy (non-hydrogen) atoms. The molecule has 2 amide bonds. The minimum atomic E-state index is -0.773. The van der Waals surface area contributed by atoms with Gasteiger partial charge < -0.3 is 24.6 Å². The first kappa shape index (κ1) is 23.9. The average Bonchev–Trinajstić information content (AvgIpc) is 3.40. The maximum absolute atomic E-state index is 12.2. The van der Waals surface area contributed by atoms with Crippen molar-refractivity contribution in [3.8, 4) is 11.5 Å². The number of H-pyrrole nitrogens is 1. The minimum Gasteiger partial charge on any atom is -0.507 e. The Labute approximate surface area is 190 Å². The Hall–Kier alpha value is -3.76. The van der Waals surface area contributed by atoms with Crippen molar-refractivity contribution in [1.82, 2.24) is 15.5 Å². The lowest BCUT2D eigenvalue weighted by Gasteiger charge is -2.14. The topological polar surface area (TPSA) is 152 Å². The van der Waals surface area contributed by atoms with Gasteiger partial charge in [-0.15, -0.1) is 0 Å². The summed E-state index contributed by atoms with van der Waals surface area (Å²) < 4.78 is 15.7. The molecule has 0 bridgehead atoms. The lowest BCUT2D eigenvalue weighted by Crippen LogP contribution is -2.33. The number of hydrogen-bond acceptors (Lipinski definition) is 8. The van der Waals surface area contributed by atoms with Crippen LogP contribution in [0, 0.1) is 0 Å². The lowest BCUT2D eigenvalue weighted by atomic mass is 10.0. The van der Waals surface area contributed by atoms with Crippen LogP contribution in [-0.2, 0) is 16.1 Å². The SMILES string of the molecule is COc1cc(O)c(C=O)c(COC(=O)Nc2cc([C@H]3CC[C@@H](OC(=O)NC(C)C)C3)[nH]n2)c1. The van der Waals surface area contributed by atoms with Crippen LogP contribution >= 0.6 is 0 Å². The highest BCUT2D eigenvalue weighted by molar-refractivity contribution is 5.84. The van der Waals surface area contributed by atoms with Crippen LogP contribution in [0.4, 0.5) is 15.4 Å². The van der Waals surface area contributed by atoms with Crippen molar-refractivity contribution < 1.29 is 33.7 Å². The van der Waals surface area contributed by atoms with Gasteiger partial charge in [0.2, 0.25) is 0 Å². The van der Waals surface area contributed by atoms with Crippen molar-refractivity contribution in [2.24, 2.45) is 0 Å². The normalized spacial score (nSPS) is 17.5. The molecule has 11 nitrogen and oxygen atoms in total. The average molecular weight is 460 g/mol. The van der Waals surface area contributed by atoms with Crippen LogP contribution in [-0.4, -0.2) is 53.0 Å². The number of nitrogens with zero attached hydrogens (tertiary/aromatic N) is 1. The Morgan fingerprint density at radius 2 is 2.06 bits per heavy atom. The van der Waals surface area contributed by atoms with Gasteiger partial charge in [0.1, 0.15) is 24.2 Å². The summed E-state index contributed by atoms with van der Waals surface area (Å²) in [5.41, 5.74) is 1.14. The molecule has 1 aliphatic carbocycles. The second-order valence-corrected chi connectivity index (χ2v) is 8.08.